The Hall–Kier alpha value is -1.79. The van der Waals surface area contributed by atoms with Crippen molar-refractivity contribution >= 4 is 17.9 Å². The third kappa shape index (κ3) is 6.32. The second-order valence-electron chi connectivity index (χ2n) is 6.68. The standard InChI is InChI=1S/C15H27N3O4/c1-15(2,3)18-10-11(9-12(18)19)17-14(22)16-8-6-4-5-7-13(20)21/h11H,4-10H2,1-3H3,(H,20,21)(H2,16,17,22). The minimum Gasteiger partial charge on any atom is -0.481 e. The van der Waals surface area contributed by atoms with Crippen LogP contribution in [0.2, 0.25) is 0 Å². The molecule has 0 radical (unpaired) electrons. The number of rotatable bonds is 7. The molecule has 1 aliphatic heterocycles. The van der Waals surface area contributed by atoms with Gasteiger partial charge >= 0.3 is 12.0 Å². The lowest BCUT2D eigenvalue weighted by molar-refractivity contribution is -0.137. The van der Waals surface area contributed by atoms with Crippen LogP contribution in [0.5, 0.6) is 0 Å². The van der Waals surface area contributed by atoms with Crippen LogP contribution in [0.1, 0.15) is 52.9 Å². The van der Waals surface area contributed by atoms with Crippen LogP contribution in [0.4, 0.5) is 4.79 Å². The second kappa shape index (κ2) is 8.00. The van der Waals surface area contributed by atoms with Crippen molar-refractivity contribution in [2.24, 2.45) is 0 Å². The number of hydrogen-bond donors (Lipinski definition) is 3. The molecule has 1 atom stereocenters. The summed E-state index contributed by atoms with van der Waals surface area (Å²) in [5.41, 5.74) is -0.228. The molecule has 0 bridgehead atoms. The molecule has 1 aliphatic rings. The third-order valence-corrected chi connectivity index (χ3v) is 3.62. The van der Waals surface area contributed by atoms with Crippen molar-refractivity contribution in [2.75, 3.05) is 13.1 Å². The van der Waals surface area contributed by atoms with Gasteiger partial charge in [-0.15, -0.1) is 0 Å². The summed E-state index contributed by atoms with van der Waals surface area (Å²) in [6.45, 7) is 6.98. The van der Waals surface area contributed by atoms with Crippen LogP contribution < -0.4 is 10.6 Å². The molecule has 1 saturated heterocycles. The number of nitrogens with zero attached hydrogens (tertiary/aromatic N) is 1. The fourth-order valence-electron chi connectivity index (χ4n) is 2.47. The van der Waals surface area contributed by atoms with Gasteiger partial charge in [0.25, 0.3) is 0 Å². The van der Waals surface area contributed by atoms with E-state index in [2.05, 4.69) is 10.6 Å². The van der Waals surface area contributed by atoms with Gasteiger partial charge in [-0.1, -0.05) is 6.42 Å². The molecular formula is C15H27N3O4. The molecule has 0 saturated carbocycles. The number of carboxylic acid groups (broad SMARTS) is 1. The zero-order valence-corrected chi connectivity index (χ0v) is 13.6. The fourth-order valence-corrected chi connectivity index (χ4v) is 2.47. The highest BCUT2D eigenvalue weighted by Gasteiger charge is 2.36. The monoisotopic (exact) mass is 313 g/mol. The summed E-state index contributed by atoms with van der Waals surface area (Å²) in [4.78, 5) is 35.8. The number of unbranched alkanes of at least 4 members (excludes halogenated alkanes) is 2. The molecule has 126 valence electrons. The Kier molecular flexibility index (Phi) is 6.64. The van der Waals surface area contributed by atoms with E-state index in [1.54, 1.807) is 4.90 Å². The number of carbonyl (C=O) groups is 3. The smallest absolute Gasteiger partial charge is 0.315 e. The molecule has 1 rings (SSSR count). The molecule has 0 aliphatic carbocycles. The van der Waals surface area contributed by atoms with Crippen molar-refractivity contribution in [3.8, 4) is 0 Å². The van der Waals surface area contributed by atoms with Crippen LogP contribution in [0, 0.1) is 0 Å². The van der Waals surface area contributed by atoms with E-state index in [0.717, 1.165) is 12.8 Å². The molecule has 22 heavy (non-hydrogen) atoms. The normalized spacial score (nSPS) is 18.4. The maximum Gasteiger partial charge on any atom is 0.315 e. The largest absolute Gasteiger partial charge is 0.481 e. The van der Waals surface area contributed by atoms with E-state index in [1.807, 2.05) is 20.8 Å². The van der Waals surface area contributed by atoms with E-state index in [4.69, 9.17) is 5.11 Å². The predicted molar refractivity (Wildman–Crippen MR) is 82.5 cm³/mol. The molecule has 7 heteroatoms. The Balaban J connectivity index is 2.18. The van der Waals surface area contributed by atoms with Crippen LogP contribution in [-0.2, 0) is 9.59 Å². The van der Waals surface area contributed by atoms with Gasteiger partial charge in [-0.05, 0) is 33.6 Å². The van der Waals surface area contributed by atoms with Gasteiger partial charge in [0.05, 0.1) is 6.04 Å². The number of carbonyl (C=O) groups excluding carboxylic acids is 2. The molecule has 0 aromatic rings. The highest BCUT2D eigenvalue weighted by molar-refractivity contribution is 5.82. The van der Waals surface area contributed by atoms with Crippen LogP contribution in [0.15, 0.2) is 0 Å². The highest BCUT2D eigenvalue weighted by atomic mass is 16.4. The number of amides is 3. The van der Waals surface area contributed by atoms with Crippen molar-refractivity contribution in [1.29, 1.82) is 0 Å². The van der Waals surface area contributed by atoms with Gasteiger partial charge in [-0.3, -0.25) is 9.59 Å². The lowest BCUT2D eigenvalue weighted by Gasteiger charge is -2.32. The first-order valence-electron chi connectivity index (χ1n) is 7.77. The average Bonchev–Trinajstić information content (AvgIpc) is 2.74. The number of aliphatic carboxylic acids is 1. The molecule has 0 aromatic heterocycles. The van der Waals surface area contributed by atoms with Crippen molar-refractivity contribution < 1.29 is 19.5 Å². The lowest BCUT2D eigenvalue weighted by Crippen LogP contribution is -2.46. The maximum atomic E-state index is 11.9. The van der Waals surface area contributed by atoms with E-state index < -0.39 is 5.97 Å². The molecular weight excluding hydrogens is 286 g/mol. The number of likely N-dealkylation sites (tertiary alicyclic amines) is 1. The number of nitrogens with one attached hydrogen (secondary N) is 2. The van der Waals surface area contributed by atoms with E-state index in [1.165, 1.54) is 0 Å². The van der Waals surface area contributed by atoms with Crippen LogP contribution >= 0.6 is 0 Å². The second-order valence-corrected chi connectivity index (χ2v) is 6.68. The maximum absolute atomic E-state index is 11.9. The van der Waals surface area contributed by atoms with Gasteiger partial charge in [0, 0.05) is 31.5 Å². The first kappa shape index (κ1) is 18.3. The van der Waals surface area contributed by atoms with Gasteiger partial charge in [0.2, 0.25) is 5.91 Å². The molecule has 3 amide bonds. The third-order valence-electron chi connectivity index (χ3n) is 3.62. The Morgan fingerprint density at radius 2 is 1.95 bits per heavy atom. The molecule has 1 unspecified atom stereocenters. The van der Waals surface area contributed by atoms with Gasteiger partial charge in [-0.25, -0.2) is 4.79 Å². The first-order chi connectivity index (χ1) is 10.2. The minimum absolute atomic E-state index is 0.0615. The Morgan fingerprint density at radius 1 is 1.27 bits per heavy atom. The summed E-state index contributed by atoms with van der Waals surface area (Å²) in [6.07, 6.45) is 2.64. The highest BCUT2D eigenvalue weighted by Crippen LogP contribution is 2.21. The topological polar surface area (TPSA) is 98.7 Å². The molecule has 1 fully saturated rings. The Labute approximate surface area is 131 Å². The molecule has 0 spiro atoms. The van der Waals surface area contributed by atoms with Gasteiger partial charge < -0.3 is 20.6 Å². The molecule has 0 aromatic carbocycles. The fraction of sp³-hybridized carbons (Fsp3) is 0.800. The van der Waals surface area contributed by atoms with Crippen LogP contribution in [0.3, 0.4) is 0 Å². The summed E-state index contributed by atoms with van der Waals surface area (Å²) in [5, 5.41) is 14.1. The number of carboxylic acids is 1. The minimum atomic E-state index is -0.792. The van der Waals surface area contributed by atoms with E-state index in [0.29, 0.717) is 25.9 Å². The van der Waals surface area contributed by atoms with Gasteiger partial charge in [0.1, 0.15) is 0 Å². The predicted octanol–water partition coefficient (Wildman–Crippen LogP) is 1.33. The lowest BCUT2D eigenvalue weighted by atomic mass is 10.1. The summed E-state index contributed by atoms with van der Waals surface area (Å²) in [6, 6.07) is -0.425. The number of hydrogen-bond acceptors (Lipinski definition) is 3. The first-order valence-corrected chi connectivity index (χ1v) is 7.77. The zero-order valence-electron chi connectivity index (χ0n) is 13.6. The summed E-state index contributed by atoms with van der Waals surface area (Å²) < 4.78 is 0. The summed E-state index contributed by atoms with van der Waals surface area (Å²) in [5.74, 6) is -0.730. The summed E-state index contributed by atoms with van der Waals surface area (Å²) in [7, 11) is 0. The van der Waals surface area contributed by atoms with Crippen LogP contribution in [-0.4, -0.2) is 52.6 Å². The Bertz CT molecular complexity index is 418. The van der Waals surface area contributed by atoms with Gasteiger partial charge in [0.15, 0.2) is 0 Å². The van der Waals surface area contributed by atoms with Crippen molar-refractivity contribution in [3.05, 3.63) is 0 Å². The van der Waals surface area contributed by atoms with Crippen molar-refractivity contribution in [1.82, 2.24) is 15.5 Å². The van der Waals surface area contributed by atoms with Gasteiger partial charge in [-0.2, -0.15) is 0 Å². The molecule has 7 nitrogen and oxygen atoms in total. The van der Waals surface area contributed by atoms with E-state index in [-0.39, 0.29) is 29.9 Å². The van der Waals surface area contributed by atoms with Crippen molar-refractivity contribution in [3.63, 3.8) is 0 Å². The summed E-state index contributed by atoms with van der Waals surface area (Å²) >= 11 is 0. The SMILES string of the molecule is CC(C)(C)N1CC(NC(=O)NCCCCCC(=O)O)CC1=O. The van der Waals surface area contributed by atoms with E-state index in [9.17, 15) is 14.4 Å². The van der Waals surface area contributed by atoms with Crippen LogP contribution in [0.25, 0.3) is 0 Å². The quantitative estimate of drug-likeness (QED) is 0.617. The average molecular weight is 313 g/mol. The van der Waals surface area contributed by atoms with E-state index >= 15 is 0 Å². The molecule has 3 N–H and O–H groups in total. The molecule has 1 heterocycles. The Morgan fingerprint density at radius 3 is 2.50 bits per heavy atom. The zero-order chi connectivity index (χ0) is 16.8. The number of urea groups is 1. The van der Waals surface area contributed by atoms with Crippen molar-refractivity contribution in [2.45, 2.75) is 64.5 Å².